The highest BCUT2D eigenvalue weighted by Crippen LogP contribution is 2.47. The fourth-order valence-corrected chi connectivity index (χ4v) is 5.76. The highest BCUT2D eigenvalue weighted by Gasteiger charge is 2.34. The molecule has 1 aromatic rings. The molecule has 1 N–H and O–H groups in total. The van der Waals surface area contributed by atoms with Gasteiger partial charge in [-0.25, -0.2) is 4.79 Å². The lowest BCUT2D eigenvalue weighted by Gasteiger charge is -2.37. The number of hydrogen-bond acceptors (Lipinski definition) is 3. The van der Waals surface area contributed by atoms with E-state index >= 15 is 0 Å². The standard InChI is InChI=1S/C19H26O3Si/c1-6-15-16(19(21)22-2)10-11-17(20)18(15)13-8-7-9-14(12-13)23(3,4)5/h1,10-11,13-14,20H,7-9,12H2,2-5H3. The first-order valence-corrected chi connectivity index (χ1v) is 11.8. The van der Waals surface area contributed by atoms with E-state index in [0.29, 0.717) is 16.7 Å². The van der Waals surface area contributed by atoms with Gasteiger partial charge < -0.3 is 9.84 Å². The summed E-state index contributed by atoms with van der Waals surface area (Å²) in [6.07, 6.45) is 10.1. The van der Waals surface area contributed by atoms with Gasteiger partial charge in [-0.15, -0.1) is 6.42 Å². The van der Waals surface area contributed by atoms with Crippen LogP contribution in [0, 0.1) is 12.3 Å². The summed E-state index contributed by atoms with van der Waals surface area (Å²) in [5, 5.41) is 10.4. The molecular weight excluding hydrogens is 304 g/mol. The Hall–Kier alpha value is -1.73. The van der Waals surface area contributed by atoms with E-state index in [1.54, 1.807) is 12.1 Å². The van der Waals surface area contributed by atoms with Crippen molar-refractivity contribution in [2.45, 2.75) is 56.8 Å². The maximum atomic E-state index is 12.0. The number of phenolic OH excluding ortho intramolecular Hbond substituents is 1. The largest absolute Gasteiger partial charge is 0.508 e. The molecule has 0 spiro atoms. The Bertz CT molecular complexity index is 637. The van der Waals surface area contributed by atoms with Crippen molar-refractivity contribution in [1.82, 2.24) is 0 Å². The Kier molecular flexibility index (Phi) is 5.21. The Labute approximate surface area is 140 Å². The van der Waals surface area contributed by atoms with E-state index in [2.05, 4.69) is 25.6 Å². The highest BCUT2D eigenvalue weighted by molar-refractivity contribution is 6.77. The lowest BCUT2D eigenvalue weighted by molar-refractivity contribution is 0.0600. The zero-order valence-electron chi connectivity index (χ0n) is 14.5. The molecule has 0 heterocycles. The van der Waals surface area contributed by atoms with Crippen molar-refractivity contribution in [3.8, 4) is 18.1 Å². The number of esters is 1. The summed E-state index contributed by atoms with van der Waals surface area (Å²) in [4.78, 5) is 12.0. The van der Waals surface area contributed by atoms with Crippen molar-refractivity contribution in [3.05, 3.63) is 28.8 Å². The van der Waals surface area contributed by atoms with Gasteiger partial charge in [0.25, 0.3) is 0 Å². The van der Waals surface area contributed by atoms with Crippen molar-refractivity contribution in [1.29, 1.82) is 0 Å². The molecule has 1 saturated carbocycles. The lowest BCUT2D eigenvalue weighted by Crippen LogP contribution is -2.31. The number of ether oxygens (including phenoxy) is 1. The molecule has 0 saturated heterocycles. The van der Waals surface area contributed by atoms with E-state index in [1.807, 2.05) is 0 Å². The van der Waals surface area contributed by atoms with Gasteiger partial charge in [0, 0.05) is 19.2 Å². The van der Waals surface area contributed by atoms with Crippen LogP contribution in [0.4, 0.5) is 0 Å². The van der Waals surface area contributed by atoms with E-state index in [4.69, 9.17) is 11.2 Å². The molecule has 1 aliphatic carbocycles. The molecule has 0 bridgehead atoms. The topological polar surface area (TPSA) is 46.5 Å². The van der Waals surface area contributed by atoms with Crippen LogP contribution >= 0.6 is 0 Å². The Morgan fingerprint density at radius 2 is 2.04 bits per heavy atom. The van der Waals surface area contributed by atoms with E-state index in [1.165, 1.54) is 13.5 Å². The number of carbonyl (C=O) groups excluding carboxylic acids is 1. The maximum absolute atomic E-state index is 12.0. The van der Waals surface area contributed by atoms with Crippen LogP contribution < -0.4 is 0 Å². The van der Waals surface area contributed by atoms with Gasteiger partial charge in [0.2, 0.25) is 0 Å². The third-order valence-corrected chi connectivity index (χ3v) is 8.05. The number of benzene rings is 1. The van der Waals surface area contributed by atoms with E-state index < -0.39 is 14.0 Å². The number of aromatic hydroxyl groups is 1. The van der Waals surface area contributed by atoms with E-state index in [0.717, 1.165) is 24.8 Å². The number of phenols is 1. The minimum absolute atomic E-state index is 0.201. The summed E-state index contributed by atoms with van der Waals surface area (Å²) >= 11 is 0. The van der Waals surface area contributed by atoms with Crippen LogP contribution in [0.2, 0.25) is 25.2 Å². The van der Waals surface area contributed by atoms with Crippen molar-refractivity contribution in [2.24, 2.45) is 0 Å². The first-order chi connectivity index (χ1) is 10.8. The molecule has 3 nitrogen and oxygen atoms in total. The Balaban J connectivity index is 2.46. The predicted molar refractivity (Wildman–Crippen MR) is 95.7 cm³/mol. The highest BCUT2D eigenvalue weighted by atomic mass is 28.3. The molecule has 124 valence electrons. The summed E-state index contributed by atoms with van der Waals surface area (Å²) in [5.74, 6) is 2.59. The molecular formula is C19H26O3Si. The minimum Gasteiger partial charge on any atom is -0.508 e. The lowest BCUT2D eigenvalue weighted by atomic mass is 9.80. The Morgan fingerprint density at radius 1 is 1.35 bits per heavy atom. The van der Waals surface area contributed by atoms with Crippen molar-refractivity contribution in [2.75, 3.05) is 7.11 Å². The average molecular weight is 331 g/mol. The third-order valence-electron chi connectivity index (χ3n) is 5.08. The van der Waals surface area contributed by atoms with Crippen LogP contribution in [-0.4, -0.2) is 26.3 Å². The molecule has 1 fully saturated rings. The molecule has 23 heavy (non-hydrogen) atoms. The van der Waals surface area contributed by atoms with Crippen LogP contribution in [0.3, 0.4) is 0 Å². The average Bonchev–Trinajstić information content (AvgIpc) is 2.53. The van der Waals surface area contributed by atoms with Gasteiger partial charge in [0.1, 0.15) is 5.75 Å². The van der Waals surface area contributed by atoms with Crippen LogP contribution in [-0.2, 0) is 4.74 Å². The number of hydrogen-bond donors (Lipinski definition) is 1. The zero-order valence-corrected chi connectivity index (χ0v) is 15.5. The third kappa shape index (κ3) is 3.61. The summed E-state index contributed by atoms with van der Waals surface area (Å²) in [5.41, 5.74) is 2.35. The van der Waals surface area contributed by atoms with Crippen LogP contribution in [0.25, 0.3) is 0 Å². The van der Waals surface area contributed by atoms with Gasteiger partial charge in [-0.2, -0.15) is 0 Å². The normalized spacial score (nSPS) is 21.5. The second-order valence-electron chi connectivity index (χ2n) is 7.48. The second-order valence-corrected chi connectivity index (χ2v) is 13.0. The van der Waals surface area contributed by atoms with E-state index in [9.17, 15) is 9.90 Å². The van der Waals surface area contributed by atoms with Crippen molar-refractivity contribution in [3.63, 3.8) is 0 Å². The number of rotatable bonds is 3. The molecule has 1 aromatic carbocycles. The van der Waals surface area contributed by atoms with Crippen molar-refractivity contribution >= 4 is 14.0 Å². The van der Waals surface area contributed by atoms with Gasteiger partial charge in [0.15, 0.2) is 0 Å². The van der Waals surface area contributed by atoms with Gasteiger partial charge in [-0.3, -0.25) is 0 Å². The summed E-state index contributed by atoms with van der Waals surface area (Å²) < 4.78 is 4.83. The number of terminal acetylenes is 1. The zero-order chi connectivity index (χ0) is 17.2. The number of carbonyl (C=O) groups is 1. The van der Waals surface area contributed by atoms with E-state index in [-0.39, 0.29) is 11.7 Å². The van der Waals surface area contributed by atoms with Crippen LogP contribution in [0.15, 0.2) is 12.1 Å². The van der Waals surface area contributed by atoms with Crippen LogP contribution in [0.1, 0.15) is 53.1 Å². The molecule has 4 heteroatoms. The fraction of sp³-hybridized carbons (Fsp3) is 0.526. The summed E-state index contributed by atoms with van der Waals surface area (Å²) in [6.45, 7) is 7.19. The first-order valence-electron chi connectivity index (χ1n) is 8.20. The summed E-state index contributed by atoms with van der Waals surface area (Å²) in [7, 11) is 0.101. The molecule has 0 aliphatic heterocycles. The first kappa shape index (κ1) is 17.6. The fourth-order valence-electron chi connectivity index (χ4n) is 3.70. The quantitative estimate of drug-likeness (QED) is 0.503. The summed E-state index contributed by atoms with van der Waals surface area (Å²) in [6, 6.07) is 3.12. The van der Waals surface area contributed by atoms with Crippen LogP contribution in [0.5, 0.6) is 5.75 Å². The monoisotopic (exact) mass is 330 g/mol. The van der Waals surface area contributed by atoms with Gasteiger partial charge in [-0.05, 0) is 36.4 Å². The molecule has 2 unspecified atom stereocenters. The van der Waals surface area contributed by atoms with Gasteiger partial charge in [0.05, 0.1) is 12.7 Å². The molecule has 2 atom stereocenters. The predicted octanol–water partition coefficient (Wildman–Crippen LogP) is 4.53. The van der Waals surface area contributed by atoms with Gasteiger partial charge in [-0.1, -0.05) is 38.4 Å². The molecule has 0 amide bonds. The van der Waals surface area contributed by atoms with Crippen molar-refractivity contribution < 1.29 is 14.6 Å². The molecule has 1 aliphatic rings. The SMILES string of the molecule is C#Cc1c(C(=O)OC)ccc(O)c1C1CCCC([Si](C)(C)C)C1. The molecule has 0 aromatic heterocycles. The molecule has 2 rings (SSSR count). The van der Waals surface area contributed by atoms with Gasteiger partial charge >= 0.3 is 5.97 Å². The second kappa shape index (κ2) is 6.80. The maximum Gasteiger partial charge on any atom is 0.339 e. The molecule has 0 radical (unpaired) electrons. The number of methoxy groups -OCH3 is 1. The Morgan fingerprint density at radius 3 is 2.61 bits per heavy atom. The minimum atomic E-state index is -1.24. The smallest absolute Gasteiger partial charge is 0.339 e.